The second-order valence-corrected chi connectivity index (χ2v) is 11.1. The zero-order valence-corrected chi connectivity index (χ0v) is 20.6. The number of carbonyl (C=O) groups is 1. The maximum absolute atomic E-state index is 13.3. The molecule has 4 rings (SSSR count). The molecule has 2 aliphatic heterocycles. The van der Waals surface area contributed by atoms with E-state index in [0.717, 1.165) is 38.5 Å². The Morgan fingerprint density at radius 1 is 1.03 bits per heavy atom. The zero-order chi connectivity index (χ0) is 24.0. The first-order chi connectivity index (χ1) is 16.5. The molecule has 2 aliphatic rings. The van der Waals surface area contributed by atoms with E-state index in [4.69, 9.17) is 9.47 Å². The Labute approximate surface area is 202 Å². The smallest absolute Gasteiger partial charge is 0.255 e. The van der Waals surface area contributed by atoms with E-state index in [1.54, 1.807) is 6.07 Å². The van der Waals surface area contributed by atoms with Gasteiger partial charge in [-0.15, -0.1) is 0 Å². The number of nitrogens with one attached hydrogen (secondary N) is 1. The molecular formula is C26H34N2O5S. The van der Waals surface area contributed by atoms with Gasteiger partial charge in [0.25, 0.3) is 5.91 Å². The minimum atomic E-state index is -3.68. The van der Waals surface area contributed by atoms with Crippen molar-refractivity contribution in [2.24, 2.45) is 0 Å². The van der Waals surface area contributed by atoms with E-state index in [1.165, 1.54) is 29.1 Å². The molecule has 34 heavy (non-hydrogen) atoms. The van der Waals surface area contributed by atoms with Crippen LogP contribution in [0.1, 0.15) is 54.4 Å². The first kappa shape index (κ1) is 24.7. The average Bonchev–Trinajstić information content (AvgIpc) is 3.18. The molecule has 7 nitrogen and oxygen atoms in total. The number of benzene rings is 2. The molecule has 0 atom stereocenters. The van der Waals surface area contributed by atoms with Crippen molar-refractivity contribution in [3.63, 3.8) is 0 Å². The van der Waals surface area contributed by atoms with E-state index in [0.29, 0.717) is 38.6 Å². The fourth-order valence-corrected chi connectivity index (χ4v) is 6.47. The summed E-state index contributed by atoms with van der Waals surface area (Å²) in [4.78, 5) is 13.4. The number of methoxy groups -OCH3 is 1. The van der Waals surface area contributed by atoms with E-state index in [9.17, 15) is 13.2 Å². The van der Waals surface area contributed by atoms with Crippen molar-refractivity contribution in [3.8, 4) is 5.75 Å². The Morgan fingerprint density at radius 3 is 2.35 bits per heavy atom. The highest BCUT2D eigenvalue weighted by atomic mass is 32.2. The highest BCUT2D eigenvalue weighted by Crippen LogP contribution is 2.34. The van der Waals surface area contributed by atoms with Gasteiger partial charge in [0.05, 0.1) is 17.6 Å². The van der Waals surface area contributed by atoms with Crippen molar-refractivity contribution in [3.05, 3.63) is 59.7 Å². The van der Waals surface area contributed by atoms with E-state index >= 15 is 0 Å². The van der Waals surface area contributed by atoms with Gasteiger partial charge in [-0.3, -0.25) is 4.79 Å². The molecule has 0 bridgehead atoms. The van der Waals surface area contributed by atoms with Crippen LogP contribution in [0, 0.1) is 0 Å². The first-order valence-corrected chi connectivity index (χ1v) is 13.5. The number of hydrogen-bond donors (Lipinski definition) is 1. The maximum atomic E-state index is 13.3. The molecule has 0 unspecified atom stereocenters. The van der Waals surface area contributed by atoms with Crippen LogP contribution >= 0.6 is 0 Å². The summed E-state index contributed by atoms with van der Waals surface area (Å²) < 4.78 is 39.1. The summed E-state index contributed by atoms with van der Waals surface area (Å²) in [6.45, 7) is 2.73. The van der Waals surface area contributed by atoms with Crippen LogP contribution in [0.25, 0.3) is 0 Å². The van der Waals surface area contributed by atoms with Gasteiger partial charge < -0.3 is 14.8 Å². The lowest BCUT2D eigenvalue weighted by Crippen LogP contribution is -2.44. The van der Waals surface area contributed by atoms with Gasteiger partial charge in [-0.2, -0.15) is 4.31 Å². The number of sulfonamides is 1. The molecule has 184 valence electrons. The highest BCUT2D eigenvalue weighted by Gasteiger charge is 2.35. The topological polar surface area (TPSA) is 84.9 Å². The fourth-order valence-electron chi connectivity index (χ4n) is 4.92. The van der Waals surface area contributed by atoms with Crippen molar-refractivity contribution < 1.29 is 22.7 Å². The van der Waals surface area contributed by atoms with Crippen LogP contribution in [0.3, 0.4) is 0 Å². The summed E-state index contributed by atoms with van der Waals surface area (Å²) in [5, 5.41) is 3.07. The molecule has 2 saturated heterocycles. The Hall–Kier alpha value is -2.42. The highest BCUT2D eigenvalue weighted by molar-refractivity contribution is 7.89. The van der Waals surface area contributed by atoms with Crippen molar-refractivity contribution in [1.29, 1.82) is 0 Å². The summed E-state index contributed by atoms with van der Waals surface area (Å²) in [6, 6.07) is 14.7. The van der Waals surface area contributed by atoms with Crippen LogP contribution in [0.5, 0.6) is 5.75 Å². The van der Waals surface area contributed by atoms with E-state index < -0.39 is 10.0 Å². The number of nitrogens with zero attached hydrogens (tertiary/aromatic N) is 1. The van der Waals surface area contributed by atoms with Gasteiger partial charge in [-0.1, -0.05) is 43.2 Å². The largest absolute Gasteiger partial charge is 0.496 e. The van der Waals surface area contributed by atoms with Crippen molar-refractivity contribution in [1.82, 2.24) is 9.62 Å². The molecule has 2 aromatic rings. The molecule has 2 fully saturated rings. The minimum Gasteiger partial charge on any atom is -0.496 e. The molecule has 2 aromatic carbocycles. The third kappa shape index (κ3) is 5.29. The average molecular weight is 487 g/mol. The predicted octanol–water partition coefficient (Wildman–Crippen LogP) is 3.74. The van der Waals surface area contributed by atoms with Gasteiger partial charge in [-0.05, 0) is 49.4 Å². The van der Waals surface area contributed by atoms with Crippen LogP contribution in [0.15, 0.2) is 53.4 Å². The van der Waals surface area contributed by atoms with Crippen LogP contribution in [-0.2, 0) is 20.2 Å². The quantitative estimate of drug-likeness (QED) is 0.645. The number of carbonyl (C=O) groups excluding carboxylic acids is 1. The lowest BCUT2D eigenvalue weighted by molar-refractivity contribution is 0.0487. The lowest BCUT2D eigenvalue weighted by Gasteiger charge is -2.38. The fraction of sp³-hybridized carbons (Fsp3) is 0.500. The zero-order valence-electron chi connectivity index (χ0n) is 19.8. The summed E-state index contributed by atoms with van der Waals surface area (Å²) in [5.74, 6) is 0.0135. The summed E-state index contributed by atoms with van der Waals surface area (Å²) in [7, 11) is -2.19. The van der Waals surface area contributed by atoms with Crippen LogP contribution in [-0.4, -0.2) is 58.6 Å². The van der Waals surface area contributed by atoms with Gasteiger partial charge in [0.15, 0.2) is 0 Å². The monoisotopic (exact) mass is 486 g/mol. The normalized spacial score (nSPS) is 19.2. The van der Waals surface area contributed by atoms with Crippen molar-refractivity contribution in [2.75, 3.05) is 40.0 Å². The summed E-state index contributed by atoms with van der Waals surface area (Å²) in [6.07, 6.45) is 5.39. The maximum Gasteiger partial charge on any atom is 0.255 e. The van der Waals surface area contributed by atoms with E-state index in [2.05, 4.69) is 17.4 Å². The molecule has 1 amide bonds. The summed E-state index contributed by atoms with van der Waals surface area (Å²) >= 11 is 0. The SMILES string of the molecule is COc1ccc(S(=O)(=O)N2CCCCCC2)cc1C(=O)NCC1(c2ccccc2)CCOCC1. The number of amides is 1. The molecule has 0 spiro atoms. The van der Waals surface area contributed by atoms with Crippen LogP contribution in [0.4, 0.5) is 0 Å². The van der Waals surface area contributed by atoms with Crippen molar-refractivity contribution >= 4 is 15.9 Å². The molecule has 0 radical (unpaired) electrons. The molecule has 0 aliphatic carbocycles. The third-order valence-corrected chi connectivity index (χ3v) is 8.94. The second-order valence-electron chi connectivity index (χ2n) is 9.12. The molecule has 1 N–H and O–H groups in total. The first-order valence-electron chi connectivity index (χ1n) is 12.1. The Bertz CT molecular complexity index is 1070. The molecular weight excluding hydrogens is 452 g/mol. The standard InChI is InChI=1S/C26H34N2O5S/c1-32-24-12-11-22(34(30,31)28-15-7-2-3-8-16-28)19-23(24)25(29)27-20-26(13-17-33-18-14-26)21-9-5-4-6-10-21/h4-6,9-12,19H,2-3,7-8,13-18,20H2,1H3,(H,27,29). The van der Waals surface area contributed by atoms with Crippen LogP contribution in [0.2, 0.25) is 0 Å². The Balaban J connectivity index is 1.57. The number of rotatable bonds is 7. The van der Waals surface area contributed by atoms with Gasteiger partial charge in [0.1, 0.15) is 5.75 Å². The van der Waals surface area contributed by atoms with Gasteiger partial charge in [0.2, 0.25) is 10.0 Å². The molecule has 8 heteroatoms. The van der Waals surface area contributed by atoms with Gasteiger partial charge in [0, 0.05) is 38.3 Å². The van der Waals surface area contributed by atoms with E-state index in [1.807, 2.05) is 18.2 Å². The van der Waals surface area contributed by atoms with Crippen molar-refractivity contribution in [2.45, 2.75) is 48.8 Å². The van der Waals surface area contributed by atoms with E-state index in [-0.39, 0.29) is 21.8 Å². The third-order valence-electron chi connectivity index (χ3n) is 7.04. The summed E-state index contributed by atoms with van der Waals surface area (Å²) in [5.41, 5.74) is 1.18. The molecule has 0 aromatic heterocycles. The number of hydrogen-bond acceptors (Lipinski definition) is 5. The van der Waals surface area contributed by atoms with Gasteiger partial charge >= 0.3 is 0 Å². The number of ether oxygens (including phenoxy) is 2. The Kier molecular flexibility index (Phi) is 7.91. The minimum absolute atomic E-state index is 0.129. The van der Waals surface area contributed by atoms with Gasteiger partial charge in [-0.25, -0.2) is 8.42 Å². The molecule has 0 saturated carbocycles. The Morgan fingerprint density at radius 2 is 1.71 bits per heavy atom. The molecule has 2 heterocycles. The predicted molar refractivity (Wildman–Crippen MR) is 131 cm³/mol. The lowest BCUT2D eigenvalue weighted by atomic mass is 9.74. The second kappa shape index (κ2) is 10.9. The van der Waals surface area contributed by atoms with Crippen LogP contribution < -0.4 is 10.1 Å².